The average Bonchev–Trinajstić information content (AvgIpc) is 2.91. The fraction of sp³-hybridized carbons (Fsp3) is 0.348. The van der Waals surface area contributed by atoms with Crippen LogP contribution in [0, 0.1) is 12.8 Å². The van der Waals surface area contributed by atoms with E-state index in [2.05, 4.69) is 19.2 Å². The van der Waals surface area contributed by atoms with Crippen LogP contribution in [0.2, 0.25) is 5.02 Å². The van der Waals surface area contributed by atoms with Crippen LogP contribution >= 0.6 is 11.6 Å². The van der Waals surface area contributed by atoms with E-state index in [9.17, 15) is 14.4 Å². The lowest BCUT2D eigenvalue weighted by molar-refractivity contribution is -0.124. The molecule has 1 heterocycles. The Kier molecular flexibility index (Phi) is 6.77. The Morgan fingerprint density at radius 2 is 1.83 bits per heavy atom. The summed E-state index contributed by atoms with van der Waals surface area (Å²) >= 11 is 5.88. The summed E-state index contributed by atoms with van der Waals surface area (Å²) in [5, 5.41) is 3.34. The summed E-state index contributed by atoms with van der Waals surface area (Å²) in [5.41, 5.74) is 2.07. The Hall–Kier alpha value is -2.86. The SMILES string of the molecule is Cc1cccc(N2C(=O)[C@@H](CC(=O)Nc3ccc(Cl)cc3)N(CCC(C)C)C2=O)c1. The lowest BCUT2D eigenvalue weighted by Crippen LogP contribution is -2.39. The molecule has 0 aromatic heterocycles. The van der Waals surface area contributed by atoms with E-state index in [0.29, 0.717) is 28.9 Å². The third kappa shape index (κ3) is 5.00. The lowest BCUT2D eigenvalue weighted by atomic mass is 10.1. The van der Waals surface area contributed by atoms with Crippen LogP contribution in [0.5, 0.6) is 0 Å². The predicted octanol–water partition coefficient (Wildman–Crippen LogP) is 4.86. The third-order valence-electron chi connectivity index (χ3n) is 5.03. The number of nitrogens with one attached hydrogen (secondary N) is 1. The van der Waals surface area contributed by atoms with E-state index in [0.717, 1.165) is 12.0 Å². The van der Waals surface area contributed by atoms with Crippen LogP contribution < -0.4 is 10.2 Å². The Balaban J connectivity index is 1.81. The van der Waals surface area contributed by atoms with Crippen molar-refractivity contribution >= 4 is 40.8 Å². The fourth-order valence-electron chi connectivity index (χ4n) is 3.41. The number of halogens is 1. The minimum atomic E-state index is -0.830. The van der Waals surface area contributed by atoms with Crippen molar-refractivity contribution in [3.05, 3.63) is 59.1 Å². The van der Waals surface area contributed by atoms with Gasteiger partial charge in [-0.05, 0) is 61.2 Å². The molecule has 1 aliphatic heterocycles. The number of amides is 4. The molecule has 0 saturated carbocycles. The number of urea groups is 1. The number of hydrogen-bond acceptors (Lipinski definition) is 3. The monoisotopic (exact) mass is 427 g/mol. The zero-order valence-electron chi connectivity index (χ0n) is 17.4. The van der Waals surface area contributed by atoms with Crippen molar-refractivity contribution in [3.63, 3.8) is 0 Å². The maximum absolute atomic E-state index is 13.2. The molecule has 2 aromatic rings. The molecular weight excluding hydrogens is 402 g/mol. The number of carbonyl (C=O) groups excluding carboxylic acids is 3. The number of carbonyl (C=O) groups is 3. The molecular formula is C23H26ClN3O3. The molecule has 1 fully saturated rings. The highest BCUT2D eigenvalue weighted by molar-refractivity contribution is 6.30. The first-order valence-electron chi connectivity index (χ1n) is 10.0. The summed E-state index contributed by atoms with van der Waals surface area (Å²) in [5.74, 6) is -0.339. The van der Waals surface area contributed by atoms with E-state index in [1.807, 2.05) is 19.1 Å². The molecule has 2 aromatic carbocycles. The molecule has 0 radical (unpaired) electrons. The lowest BCUT2D eigenvalue weighted by Gasteiger charge is -2.22. The number of benzene rings is 2. The van der Waals surface area contributed by atoms with Crippen molar-refractivity contribution in [3.8, 4) is 0 Å². The number of hydrogen-bond donors (Lipinski definition) is 1. The van der Waals surface area contributed by atoms with Gasteiger partial charge in [-0.3, -0.25) is 9.59 Å². The van der Waals surface area contributed by atoms with Crippen LogP contribution in [0.1, 0.15) is 32.3 Å². The number of nitrogens with zero attached hydrogens (tertiary/aromatic N) is 2. The summed E-state index contributed by atoms with van der Waals surface area (Å²) in [7, 11) is 0. The molecule has 0 unspecified atom stereocenters. The van der Waals surface area contributed by atoms with Gasteiger partial charge in [-0.15, -0.1) is 0 Å². The van der Waals surface area contributed by atoms with E-state index in [1.54, 1.807) is 36.4 Å². The predicted molar refractivity (Wildman–Crippen MR) is 119 cm³/mol. The zero-order valence-corrected chi connectivity index (χ0v) is 18.1. The van der Waals surface area contributed by atoms with Crippen molar-refractivity contribution in [1.82, 2.24) is 4.90 Å². The summed E-state index contributed by atoms with van der Waals surface area (Å²) < 4.78 is 0. The normalized spacial score (nSPS) is 16.5. The molecule has 0 spiro atoms. The first-order chi connectivity index (χ1) is 14.3. The standard InChI is InChI=1S/C23H26ClN3O3/c1-15(2)11-12-26-20(14-21(28)25-18-9-7-17(24)8-10-18)22(29)27(23(26)30)19-6-4-5-16(3)13-19/h4-10,13,15,20H,11-12,14H2,1-3H3,(H,25,28)/t20-/m1/s1. The maximum atomic E-state index is 13.2. The van der Waals surface area contributed by atoms with Gasteiger partial charge in [-0.25, -0.2) is 9.69 Å². The molecule has 158 valence electrons. The van der Waals surface area contributed by atoms with E-state index >= 15 is 0 Å². The Labute approximate surface area is 181 Å². The van der Waals surface area contributed by atoms with Gasteiger partial charge in [0.1, 0.15) is 6.04 Å². The van der Waals surface area contributed by atoms with Gasteiger partial charge in [0.2, 0.25) is 5.91 Å². The van der Waals surface area contributed by atoms with Crippen LogP contribution in [-0.2, 0) is 9.59 Å². The third-order valence-corrected chi connectivity index (χ3v) is 5.28. The quantitative estimate of drug-likeness (QED) is 0.641. The molecule has 1 atom stereocenters. The van der Waals surface area contributed by atoms with Gasteiger partial charge >= 0.3 is 6.03 Å². The smallest absolute Gasteiger partial charge is 0.326 e. The molecule has 0 bridgehead atoms. The highest BCUT2D eigenvalue weighted by atomic mass is 35.5. The summed E-state index contributed by atoms with van der Waals surface area (Å²) in [6.07, 6.45) is 0.642. The van der Waals surface area contributed by atoms with E-state index < -0.39 is 6.04 Å². The first kappa shape index (κ1) is 21.8. The number of aryl methyl sites for hydroxylation is 1. The molecule has 7 heteroatoms. The zero-order chi connectivity index (χ0) is 21.8. The second-order valence-corrected chi connectivity index (χ2v) is 8.38. The Morgan fingerprint density at radius 1 is 1.13 bits per heavy atom. The van der Waals surface area contributed by atoms with Crippen LogP contribution in [0.15, 0.2) is 48.5 Å². The molecule has 4 amide bonds. The largest absolute Gasteiger partial charge is 0.332 e. The van der Waals surface area contributed by atoms with Crippen molar-refractivity contribution in [2.24, 2.45) is 5.92 Å². The van der Waals surface area contributed by atoms with Gasteiger partial charge in [-0.1, -0.05) is 37.6 Å². The van der Waals surface area contributed by atoms with Crippen LogP contribution in [-0.4, -0.2) is 35.3 Å². The summed E-state index contributed by atoms with van der Waals surface area (Å²) in [4.78, 5) is 41.6. The van der Waals surface area contributed by atoms with E-state index in [1.165, 1.54) is 9.80 Å². The molecule has 1 aliphatic rings. The number of rotatable bonds is 7. The fourth-order valence-corrected chi connectivity index (χ4v) is 3.54. The minimum absolute atomic E-state index is 0.104. The van der Waals surface area contributed by atoms with Gasteiger partial charge in [0.15, 0.2) is 0 Å². The van der Waals surface area contributed by atoms with Gasteiger partial charge < -0.3 is 10.2 Å². The van der Waals surface area contributed by atoms with Crippen molar-refractivity contribution in [2.75, 3.05) is 16.8 Å². The highest BCUT2D eigenvalue weighted by Gasteiger charge is 2.46. The first-order valence-corrected chi connectivity index (χ1v) is 10.4. The summed E-state index contributed by atoms with van der Waals surface area (Å²) in [6.45, 7) is 6.44. The molecule has 1 saturated heterocycles. The number of imide groups is 1. The second-order valence-electron chi connectivity index (χ2n) is 7.95. The van der Waals surface area contributed by atoms with Crippen LogP contribution in [0.4, 0.5) is 16.2 Å². The molecule has 30 heavy (non-hydrogen) atoms. The van der Waals surface area contributed by atoms with Crippen LogP contribution in [0.3, 0.4) is 0 Å². The van der Waals surface area contributed by atoms with E-state index in [4.69, 9.17) is 11.6 Å². The summed E-state index contributed by atoms with van der Waals surface area (Å²) in [6, 6.07) is 12.8. The highest BCUT2D eigenvalue weighted by Crippen LogP contribution is 2.28. The van der Waals surface area contributed by atoms with Gasteiger partial charge in [0.25, 0.3) is 5.91 Å². The molecule has 6 nitrogen and oxygen atoms in total. The second kappa shape index (κ2) is 9.30. The molecule has 3 rings (SSSR count). The topological polar surface area (TPSA) is 69.7 Å². The maximum Gasteiger partial charge on any atom is 0.332 e. The Bertz CT molecular complexity index is 943. The van der Waals surface area contributed by atoms with Gasteiger partial charge in [-0.2, -0.15) is 0 Å². The minimum Gasteiger partial charge on any atom is -0.326 e. The van der Waals surface area contributed by atoms with Crippen molar-refractivity contribution in [1.29, 1.82) is 0 Å². The van der Waals surface area contributed by atoms with Crippen molar-refractivity contribution < 1.29 is 14.4 Å². The van der Waals surface area contributed by atoms with Crippen LogP contribution in [0.25, 0.3) is 0 Å². The Morgan fingerprint density at radius 3 is 2.47 bits per heavy atom. The number of anilines is 2. The van der Waals surface area contributed by atoms with Crippen molar-refractivity contribution in [2.45, 2.75) is 39.7 Å². The van der Waals surface area contributed by atoms with E-state index in [-0.39, 0.29) is 24.3 Å². The average molecular weight is 428 g/mol. The van der Waals surface area contributed by atoms with Gasteiger partial charge in [0, 0.05) is 17.3 Å². The van der Waals surface area contributed by atoms with Gasteiger partial charge in [0.05, 0.1) is 12.1 Å². The molecule has 1 N–H and O–H groups in total. The molecule has 0 aliphatic carbocycles.